The van der Waals surface area contributed by atoms with Crippen molar-refractivity contribution in [3.63, 3.8) is 0 Å². The zero-order valence-electron chi connectivity index (χ0n) is 10.7. The van der Waals surface area contributed by atoms with Gasteiger partial charge >= 0.3 is 0 Å². The van der Waals surface area contributed by atoms with Crippen LogP contribution in [-0.4, -0.2) is 52.5 Å². The van der Waals surface area contributed by atoms with Crippen molar-refractivity contribution in [3.05, 3.63) is 21.9 Å². The van der Waals surface area contributed by atoms with Gasteiger partial charge in [0, 0.05) is 31.3 Å². The van der Waals surface area contributed by atoms with Crippen LogP contribution in [0.4, 0.5) is 0 Å². The summed E-state index contributed by atoms with van der Waals surface area (Å²) in [5.74, 6) is -0.349. The first-order valence-electron chi connectivity index (χ1n) is 5.27. The SMILES string of the molecule is CN(C)S(=O)(=O)CCNS(=O)(=O)c1cc(Br)cnc1Cl. The lowest BCUT2D eigenvalue weighted by atomic mass is 10.5. The first-order valence-corrected chi connectivity index (χ1v) is 9.53. The van der Waals surface area contributed by atoms with E-state index in [1.807, 2.05) is 0 Å². The summed E-state index contributed by atoms with van der Waals surface area (Å²) in [6.07, 6.45) is 1.36. The predicted octanol–water partition coefficient (Wildman–Crippen LogP) is 0.667. The number of nitrogens with zero attached hydrogens (tertiary/aromatic N) is 2. The minimum absolute atomic E-state index is 0.184. The molecule has 0 saturated carbocycles. The Labute approximate surface area is 131 Å². The molecule has 7 nitrogen and oxygen atoms in total. The Morgan fingerprint density at radius 1 is 1.35 bits per heavy atom. The zero-order chi connectivity index (χ0) is 15.6. The third kappa shape index (κ3) is 4.64. The van der Waals surface area contributed by atoms with E-state index in [9.17, 15) is 16.8 Å². The van der Waals surface area contributed by atoms with Crippen molar-refractivity contribution in [2.75, 3.05) is 26.4 Å². The van der Waals surface area contributed by atoms with Crippen LogP contribution in [0.15, 0.2) is 21.6 Å². The Balaban J connectivity index is 2.84. The fourth-order valence-corrected chi connectivity index (χ4v) is 3.99. The van der Waals surface area contributed by atoms with Crippen LogP contribution in [0.1, 0.15) is 0 Å². The first-order chi connectivity index (χ1) is 9.06. The summed E-state index contributed by atoms with van der Waals surface area (Å²) in [6, 6.07) is 1.29. The minimum atomic E-state index is -3.92. The summed E-state index contributed by atoms with van der Waals surface area (Å²) < 4.78 is 50.7. The van der Waals surface area contributed by atoms with E-state index in [0.717, 1.165) is 4.31 Å². The average Bonchev–Trinajstić information content (AvgIpc) is 2.31. The summed E-state index contributed by atoms with van der Waals surface area (Å²) in [5.41, 5.74) is 0. The Morgan fingerprint density at radius 3 is 2.50 bits per heavy atom. The molecule has 114 valence electrons. The van der Waals surface area contributed by atoms with Gasteiger partial charge < -0.3 is 0 Å². The summed E-state index contributed by atoms with van der Waals surface area (Å²) >= 11 is 8.81. The molecule has 0 spiro atoms. The maximum atomic E-state index is 12.0. The van der Waals surface area contributed by atoms with Crippen LogP contribution >= 0.6 is 27.5 Å². The second-order valence-corrected chi connectivity index (χ2v) is 9.25. The lowest BCUT2D eigenvalue weighted by Crippen LogP contribution is -2.34. The lowest BCUT2D eigenvalue weighted by molar-refractivity contribution is 0.519. The van der Waals surface area contributed by atoms with Gasteiger partial charge in [-0.15, -0.1) is 0 Å². The highest BCUT2D eigenvalue weighted by molar-refractivity contribution is 9.10. The third-order valence-electron chi connectivity index (χ3n) is 2.27. The molecule has 1 rings (SSSR count). The van der Waals surface area contributed by atoms with Crippen LogP contribution in [0.2, 0.25) is 5.15 Å². The molecule has 0 atom stereocenters. The summed E-state index contributed by atoms with van der Waals surface area (Å²) in [5, 5.41) is -0.184. The quantitative estimate of drug-likeness (QED) is 0.700. The molecule has 1 N–H and O–H groups in total. The molecule has 20 heavy (non-hydrogen) atoms. The second kappa shape index (κ2) is 6.67. The van der Waals surface area contributed by atoms with Crippen molar-refractivity contribution in [1.82, 2.24) is 14.0 Å². The topological polar surface area (TPSA) is 96.4 Å². The Kier molecular flexibility index (Phi) is 5.93. The van der Waals surface area contributed by atoms with Gasteiger partial charge in [0.05, 0.1) is 5.75 Å². The molecule has 0 saturated heterocycles. The highest BCUT2D eigenvalue weighted by Gasteiger charge is 2.21. The summed E-state index contributed by atoms with van der Waals surface area (Å²) in [4.78, 5) is 3.49. The van der Waals surface area contributed by atoms with E-state index in [2.05, 4.69) is 25.6 Å². The number of nitrogens with one attached hydrogen (secondary N) is 1. The van der Waals surface area contributed by atoms with Crippen molar-refractivity contribution >= 4 is 47.6 Å². The molecule has 0 aliphatic carbocycles. The number of halogens is 2. The molecule has 0 aliphatic heterocycles. The van der Waals surface area contributed by atoms with Crippen molar-refractivity contribution in [2.45, 2.75) is 4.90 Å². The molecule has 0 bridgehead atoms. The Morgan fingerprint density at radius 2 is 1.95 bits per heavy atom. The summed E-state index contributed by atoms with van der Waals surface area (Å²) in [6.45, 7) is -0.258. The summed E-state index contributed by atoms with van der Waals surface area (Å²) in [7, 11) is -4.64. The first kappa shape index (κ1) is 17.8. The van der Waals surface area contributed by atoms with E-state index in [1.165, 1.54) is 26.4 Å². The van der Waals surface area contributed by atoms with Gasteiger partial charge in [-0.25, -0.2) is 30.8 Å². The molecule has 0 radical (unpaired) electrons. The number of rotatable bonds is 6. The van der Waals surface area contributed by atoms with Crippen LogP contribution < -0.4 is 4.72 Å². The van der Waals surface area contributed by atoms with Gasteiger partial charge in [-0.3, -0.25) is 0 Å². The van der Waals surface area contributed by atoms with Crippen LogP contribution in [0.3, 0.4) is 0 Å². The van der Waals surface area contributed by atoms with E-state index in [4.69, 9.17) is 11.6 Å². The maximum absolute atomic E-state index is 12.0. The molecule has 0 aliphatic rings. The van der Waals surface area contributed by atoms with E-state index in [1.54, 1.807) is 0 Å². The molecule has 0 unspecified atom stereocenters. The zero-order valence-corrected chi connectivity index (χ0v) is 14.6. The number of pyridine rings is 1. The van der Waals surface area contributed by atoms with Gasteiger partial charge in [0.2, 0.25) is 20.0 Å². The van der Waals surface area contributed by atoms with Crippen molar-refractivity contribution in [2.24, 2.45) is 0 Å². The molecule has 11 heteroatoms. The van der Waals surface area contributed by atoms with Gasteiger partial charge in [0.25, 0.3) is 0 Å². The van der Waals surface area contributed by atoms with E-state index in [0.29, 0.717) is 4.47 Å². The fraction of sp³-hybridized carbons (Fsp3) is 0.444. The van der Waals surface area contributed by atoms with Gasteiger partial charge in [0.1, 0.15) is 10.0 Å². The molecule has 0 fully saturated rings. The van der Waals surface area contributed by atoms with E-state index in [-0.39, 0.29) is 22.3 Å². The molecule has 1 aromatic rings. The van der Waals surface area contributed by atoms with Crippen molar-refractivity contribution in [3.8, 4) is 0 Å². The molecular weight excluding hydrogens is 394 g/mol. The van der Waals surface area contributed by atoms with Gasteiger partial charge in [0.15, 0.2) is 0 Å². The largest absolute Gasteiger partial charge is 0.243 e. The van der Waals surface area contributed by atoms with E-state index >= 15 is 0 Å². The van der Waals surface area contributed by atoms with Gasteiger partial charge in [-0.1, -0.05) is 11.6 Å². The van der Waals surface area contributed by atoms with Crippen molar-refractivity contribution < 1.29 is 16.8 Å². The van der Waals surface area contributed by atoms with Crippen LogP contribution in [0.5, 0.6) is 0 Å². The van der Waals surface area contributed by atoms with Crippen LogP contribution in [0.25, 0.3) is 0 Å². The monoisotopic (exact) mass is 405 g/mol. The predicted molar refractivity (Wildman–Crippen MR) is 79.6 cm³/mol. The number of hydrogen-bond acceptors (Lipinski definition) is 5. The van der Waals surface area contributed by atoms with Gasteiger partial charge in [-0.05, 0) is 22.0 Å². The van der Waals surface area contributed by atoms with Crippen LogP contribution in [0, 0.1) is 0 Å². The fourth-order valence-electron chi connectivity index (χ4n) is 1.16. The highest BCUT2D eigenvalue weighted by Crippen LogP contribution is 2.22. The third-order valence-corrected chi connectivity index (χ3v) is 6.43. The maximum Gasteiger partial charge on any atom is 0.243 e. The second-order valence-electron chi connectivity index (χ2n) is 3.94. The Bertz CT molecular complexity index is 691. The van der Waals surface area contributed by atoms with Crippen LogP contribution in [-0.2, 0) is 20.0 Å². The highest BCUT2D eigenvalue weighted by atomic mass is 79.9. The molecule has 1 aromatic heterocycles. The van der Waals surface area contributed by atoms with Crippen molar-refractivity contribution in [1.29, 1.82) is 0 Å². The standard InChI is InChI=1S/C9H13BrClN3O4S2/c1-14(2)19(15,16)4-3-13-20(17,18)8-5-7(10)6-12-9(8)11/h5-6,13H,3-4H2,1-2H3. The average molecular weight is 407 g/mol. The smallest absolute Gasteiger partial charge is 0.242 e. The van der Waals surface area contributed by atoms with E-state index < -0.39 is 20.0 Å². The number of hydrogen-bond donors (Lipinski definition) is 1. The molecule has 0 amide bonds. The lowest BCUT2D eigenvalue weighted by Gasteiger charge is -2.12. The normalized spacial score (nSPS) is 12.8. The molecular formula is C9H13BrClN3O4S2. The number of sulfonamides is 2. The Hall–Kier alpha value is -0.260. The molecule has 0 aromatic carbocycles. The van der Waals surface area contributed by atoms with Gasteiger partial charge in [-0.2, -0.15) is 0 Å². The number of aromatic nitrogens is 1. The minimum Gasteiger partial charge on any atom is -0.242 e. The molecule has 1 heterocycles.